The molecule has 0 aromatic heterocycles. The van der Waals surface area contributed by atoms with Gasteiger partial charge in [-0.05, 0) is 49.7 Å². The molecule has 0 aliphatic carbocycles. The molecule has 0 fully saturated rings. The fraction of sp³-hybridized carbons (Fsp3) is 0.300. The van der Waals surface area contributed by atoms with Gasteiger partial charge in [-0.15, -0.1) is 0 Å². The van der Waals surface area contributed by atoms with Crippen LogP contribution in [0, 0.1) is 6.92 Å². The quantitative estimate of drug-likeness (QED) is 0.842. The van der Waals surface area contributed by atoms with Gasteiger partial charge in [0.15, 0.2) is 0 Å². The van der Waals surface area contributed by atoms with Gasteiger partial charge in [-0.3, -0.25) is 9.59 Å². The van der Waals surface area contributed by atoms with E-state index in [-0.39, 0.29) is 11.8 Å². The van der Waals surface area contributed by atoms with Crippen molar-refractivity contribution in [3.8, 4) is 5.75 Å². The summed E-state index contributed by atoms with van der Waals surface area (Å²) in [6.07, 6.45) is 0. The molecule has 25 heavy (non-hydrogen) atoms. The highest BCUT2D eigenvalue weighted by Gasteiger charge is 2.13. The van der Waals surface area contributed by atoms with Gasteiger partial charge in [-0.25, -0.2) is 0 Å². The number of carbonyl (C=O) groups is 2. The number of ether oxygens (including phenoxy) is 1. The predicted octanol–water partition coefficient (Wildman–Crippen LogP) is 3.18. The molecule has 5 heteroatoms. The summed E-state index contributed by atoms with van der Waals surface area (Å²) in [5.74, 6) is 0.560. The zero-order valence-electron chi connectivity index (χ0n) is 14.9. The molecule has 0 unspecified atom stereocenters. The summed E-state index contributed by atoms with van der Waals surface area (Å²) in [7, 11) is 0. The van der Waals surface area contributed by atoms with Crippen LogP contribution in [0.5, 0.6) is 5.75 Å². The number of hydrogen-bond acceptors (Lipinski definition) is 3. The molecule has 132 valence electrons. The van der Waals surface area contributed by atoms with Crippen molar-refractivity contribution < 1.29 is 14.3 Å². The van der Waals surface area contributed by atoms with Gasteiger partial charge >= 0.3 is 0 Å². The smallest absolute Gasteiger partial charge is 0.251 e. The minimum atomic E-state index is -0.131. The van der Waals surface area contributed by atoms with Crippen molar-refractivity contribution in [1.82, 2.24) is 5.32 Å². The maximum atomic E-state index is 12.2. The van der Waals surface area contributed by atoms with E-state index in [9.17, 15) is 9.59 Å². The Bertz CT molecular complexity index is 726. The number of carbonyl (C=O) groups excluding carboxylic acids is 2. The summed E-state index contributed by atoms with van der Waals surface area (Å²) < 4.78 is 5.41. The monoisotopic (exact) mass is 340 g/mol. The largest absolute Gasteiger partial charge is 0.494 e. The second-order valence-electron chi connectivity index (χ2n) is 5.67. The van der Waals surface area contributed by atoms with Crippen LogP contribution in [-0.2, 0) is 4.79 Å². The van der Waals surface area contributed by atoms with Gasteiger partial charge in [0, 0.05) is 31.3 Å². The Morgan fingerprint density at radius 2 is 1.76 bits per heavy atom. The molecule has 0 heterocycles. The highest BCUT2D eigenvalue weighted by Crippen LogP contribution is 2.19. The molecule has 1 N–H and O–H groups in total. The standard InChI is InChI=1S/C20H24N2O3/c1-4-25-18-11-9-17(10-12-18)22(16(3)23)14-13-21-20(24)19-8-6-5-7-15(19)2/h5-12H,4,13-14H2,1-3H3,(H,21,24). The fourth-order valence-electron chi connectivity index (χ4n) is 2.56. The first-order chi connectivity index (χ1) is 12.0. The lowest BCUT2D eigenvalue weighted by atomic mass is 10.1. The van der Waals surface area contributed by atoms with Crippen LogP contribution in [0.4, 0.5) is 5.69 Å². The maximum Gasteiger partial charge on any atom is 0.251 e. The Kier molecular flexibility index (Phi) is 6.57. The number of anilines is 1. The van der Waals surface area contributed by atoms with Crippen LogP contribution < -0.4 is 15.0 Å². The first-order valence-electron chi connectivity index (χ1n) is 8.37. The number of aryl methyl sites for hydroxylation is 1. The van der Waals surface area contributed by atoms with Gasteiger partial charge in [0.05, 0.1) is 6.61 Å². The molecule has 0 aliphatic rings. The normalized spacial score (nSPS) is 10.2. The summed E-state index contributed by atoms with van der Waals surface area (Å²) in [5, 5.41) is 2.87. The summed E-state index contributed by atoms with van der Waals surface area (Å²) in [6.45, 7) is 6.71. The van der Waals surface area contributed by atoms with Gasteiger partial charge in [-0.2, -0.15) is 0 Å². The topological polar surface area (TPSA) is 58.6 Å². The van der Waals surface area contributed by atoms with Gasteiger partial charge in [0.2, 0.25) is 5.91 Å². The summed E-state index contributed by atoms with van der Waals surface area (Å²) >= 11 is 0. The Labute approximate surface area is 148 Å². The minimum absolute atomic E-state index is 0.0747. The highest BCUT2D eigenvalue weighted by molar-refractivity contribution is 5.96. The number of hydrogen-bond donors (Lipinski definition) is 1. The Morgan fingerprint density at radius 1 is 1.08 bits per heavy atom. The van der Waals surface area contributed by atoms with Crippen molar-refractivity contribution in [2.45, 2.75) is 20.8 Å². The molecule has 2 rings (SSSR count). The van der Waals surface area contributed by atoms with Crippen LogP contribution in [-0.4, -0.2) is 31.5 Å². The number of rotatable bonds is 7. The Balaban J connectivity index is 1.97. The molecular formula is C20H24N2O3. The van der Waals surface area contributed by atoms with E-state index in [0.717, 1.165) is 17.0 Å². The van der Waals surface area contributed by atoms with E-state index < -0.39 is 0 Å². The zero-order valence-corrected chi connectivity index (χ0v) is 14.9. The van der Waals surface area contributed by atoms with Crippen LogP contribution in [0.2, 0.25) is 0 Å². The molecule has 2 aromatic carbocycles. The van der Waals surface area contributed by atoms with Crippen molar-refractivity contribution in [2.75, 3.05) is 24.6 Å². The van der Waals surface area contributed by atoms with Crippen molar-refractivity contribution in [3.63, 3.8) is 0 Å². The second-order valence-corrected chi connectivity index (χ2v) is 5.67. The molecule has 2 amide bonds. The average molecular weight is 340 g/mol. The SMILES string of the molecule is CCOc1ccc(N(CCNC(=O)c2ccccc2C)C(C)=O)cc1. The van der Waals surface area contributed by atoms with E-state index in [4.69, 9.17) is 4.74 Å². The first kappa shape index (κ1) is 18.5. The van der Waals surface area contributed by atoms with Crippen LogP contribution in [0.15, 0.2) is 48.5 Å². The molecule has 0 bridgehead atoms. The number of amides is 2. The van der Waals surface area contributed by atoms with E-state index in [1.54, 1.807) is 11.0 Å². The van der Waals surface area contributed by atoms with Crippen molar-refractivity contribution in [3.05, 3.63) is 59.7 Å². The predicted molar refractivity (Wildman–Crippen MR) is 99.2 cm³/mol. The molecule has 0 saturated carbocycles. The molecular weight excluding hydrogens is 316 g/mol. The summed E-state index contributed by atoms with van der Waals surface area (Å²) in [6, 6.07) is 14.8. The van der Waals surface area contributed by atoms with Crippen LogP contribution in [0.3, 0.4) is 0 Å². The lowest BCUT2D eigenvalue weighted by molar-refractivity contribution is -0.116. The number of nitrogens with zero attached hydrogens (tertiary/aromatic N) is 1. The van der Waals surface area contributed by atoms with Crippen molar-refractivity contribution >= 4 is 17.5 Å². The molecule has 2 aromatic rings. The molecule has 0 aliphatic heterocycles. The van der Waals surface area contributed by atoms with E-state index >= 15 is 0 Å². The molecule has 5 nitrogen and oxygen atoms in total. The molecule has 0 saturated heterocycles. The van der Waals surface area contributed by atoms with Crippen LogP contribution in [0.25, 0.3) is 0 Å². The van der Waals surface area contributed by atoms with Gasteiger partial charge in [0.1, 0.15) is 5.75 Å². The summed E-state index contributed by atoms with van der Waals surface area (Å²) in [5.41, 5.74) is 2.36. The van der Waals surface area contributed by atoms with Crippen molar-refractivity contribution in [1.29, 1.82) is 0 Å². The maximum absolute atomic E-state index is 12.2. The number of benzene rings is 2. The average Bonchev–Trinajstić information content (AvgIpc) is 2.60. The molecule has 0 spiro atoms. The summed E-state index contributed by atoms with van der Waals surface area (Å²) in [4.78, 5) is 25.8. The van der Waals surface area contributed by atoms with Crippen LogP contribution >= 0.6 is 0 Å². The zero-order chi connectivity index (χ0) is 18.2. The van der Waals surface area contributed by atoms with E-state index in [1.807, 2.05) is 56.3 Å². The van der Waals surface area contributed by atoms with Crippen LogP contribution in [0.1, 0.15) is 29.8 Å². The second kappa shape index (κ2) is 8.87. The minimum Gasteiger partial charge on any atom is -0.494 e. The third-order valence-corrected chi connectivity index (χ3v) is 3.85. The van der Waals surface area contributed by atoms with Crippen molar-refractivity contribution in [2.24, 2.45) is 0 Å². The van der Waals surface area contributed by atoms with Gasteiger partial charge < -0.3 is 15.0 Å². The van der Waals surface area contributed by atoms with E-state index in [1.165, 1.54) is 6.92 Å². The fourth-order valence-corrected chi connectivity index (χ4v) is 2.56. The van der Waals surface area contributed by atoms with E-state index in [0.29, 0.717) is 25.3 Å². The van der Waals surface area contributed by atoms with E-state index in [2.05, 4.69) is 5.32 Å². The third-order valence-electron chi connectivity index (χ3n) is 3.85. The third kappa shape index (κ3) is 5.08. The Morgan fingerprint density at radius 3 is 2.36 bits per heavy atom. The van der Waals surface area contributed by atoms with Gasteiger partial charge in [-0.1, -0.05) is 18.2 Å². The lowest BCUT2D eigenvalue weighted by Gasteiger charge is -2.22. The first-order valence-corrected chi connectivity index (χ1v) is 8.37. The lowest BCUT2D eigenvalue weighted by Crippen LogP contribution is -2.37. The highest BCUT2D eigenvalue weighted by atomic mass is 16.5. The number of nitrogens with one attached hydrogen (secondary N) is 1. The Hall–Kier alpha value is -2.82. The van der Waals surface area contributed by atoms with Gasteiger partial charge in [0.25, 0.3) is 5.91 Å². The molecule has 0 radical (unpaired) electrons. The molecule has 0 atom stereocenters.